The summed E-state index contributed by atoms with van der Waals surface area (Å²) < 4.78 is 7.01. The first-order valence-corrected chi connectivity index (χ1v) is 7.89. The normalized spacial score (nSPS) is 12.2. The second-order valence-corrected chi connectivity index (χ2v) is 5.95. The molecule has 1 N–H and O–H groups in total. The Labute approximate surface area is 141 Å². The van der Waals surface area contributed by atoms with Crippen LogP contribution in [0, 0.1) is 13.8 Å². The van der Waals surface area contributed by atoms with Crippen LogP contribution in [0.25, 0.3) is 5.65 Å². The first-order valence-electron chi connectivity index (χ1n) is 7.89. The average molecular weight is 323 g/mol. The molecule has 3 rings (SSSR count). The van der Waals surface area contributed by atoms with Gasteiger partial charge in [-0.25, -0.2) is 4.98 Å². The molecule has 0 unspecified atom stereocenters. The number of pyridine rings is 1. The lowest BCUT2D eigenvalue weighted by atomic mass is 10.1. The first kappa shape index (κ1) is 16.1. The molecular formula is C19H21N3O2. The average Bonchev–Trinajstić information content (AvgIpc) is 2.90. The molecular weight excluding hydrogens is 302 g/mol. The van der Waals surface area contributed by atoms with E-state index in [-0.39, 0.29) is 11.9 Å². The maximum Gasteiger partial charge on any atom is 0.270 e. The molecule has 0 bridgehead atoms. The van der Waals surface area contributed by atoms with Crippen molar-refractivity contribution in [2.45, 2.75) is 26.8 Å². The molecule has 5 heteroatoms. The Morgan fingerprint density at radius 3 is 2.54 bits per heavy atom. The highest BCUT2D eigenvalue weighted by Gasteiger charge is 2.19. The van der Waals surface area contributed by atoms with Gasteiger partial charge in [-0.05, 0) is 50.1 Å². The highest BCUT2D eigenvalue weighted by atomic mass is 16.5. The molecule has 2 heterocycles. The summed E-state index contributed by atoms with van der Waals surface area (Å²) in [4.78, 5) is 17.2. The van der Waals surface area contributed by atoms with Gasteiger partial charge in [-0.1, -0.05) is 18.2 Å². The molecule has 0 radical (unpaired) electrons. The fraction of sp³-hybridized carbons (Fsp3) is 0.263. The third-order valence-corrected chi connectivity index (χ3v) is 4.12. The summed E-state index contributed by atoms with van der Waals surface area (Å²) in [6.45, 7) is 5.81. The van der Waals surface area contributed by atoms with Crippen molar-refractivity contribution in [2.24, 2.45) is 0 Å². The predicted molar refractivity (Wildman–Crippen MR) is 93.5 cm³/mol. The number of hydrogen-bond donors (Lipinski definition) is 1. The van der Waals surface area contributed by atoms with Gasteiger partial charge >= 0.3 is 0 Å². The monoisotopic (exact) mass is 323 g/mol. The number of ether oxygens (including phenoxy) is 1. The molecule has 0 fully saturated rings. The largest absolute Gasteiger partial charge is 0.497 e. The van der Waals surface area contributed by atoms with Gasteiger partial charge < -0.3 is 10.1 Å². The fourth-order valence-electron chi connectivity index (χ4n) is 2.78. The number of aromatic nitrogens is 2. The summed E-state index contributed by atoms with van der Waals surface area (Å²) in [5, 5.41) is 3.05. The maximum atomic E-state index is 12.8. The number of hydrogen-bond acceptors (Lipinski definition) is 3. The number of rotatable bonds is 4. The molecule has 0 saturated heterocycles. The number of nitrogens with zero attached hydrogens (tertiary/aromatic N) is 2. The van der Waals surface area contributed by atoms with Crippen LogP contribution in [-0.4, -0.2) is 22.4 Å². The predicted octanol–water partition coefficient (Wildman–Crippen LogP) is 3.45. The van der Waals surface area contributed by atoms with Crippen LogP contribution in [0.5, 0.6) is 5.75 Å². The molecule has 1 amide bonds. The number of methoxy groups -OCH3 is 1. The van der Waals surface area contributed by atoms with E-state index in [1.54, 1.807) is 7.11 Å². The van der Waals surface area contributed by atoms with Crippen LogP contribution in [-0.2, 0) is 0 Å². The van der Waals surface area contributed by atoms with Crippen molar-refractivity contribution in [2.75, 3.05) is 7.11 Å². The van der Waals surface area contributed by atoms with Crippen molar-refractivity contribution in [3.63, 3.8) is 0 Å². The van der Waals surface area contributed by atoms with Gasteiger partial charge in [-0.3, -0.25) is 9.20 Å². The maximum absolute atomic E-state index is 12.8. The van der Waals surface area contributed by atoms with Crippen LogP contribution in [0.15, 0.2) is 42.6 Å². The highest BCUT2D eigenvalue weighted by molar-refractivity contribution is 5.94. The van der Waals surface area contributed by atoms with E-state index in [2.05, 4.69) is 10.3 Å². The molecule has 0 saturated carbocycles. The lowest BCUT2D eigenvalue weighted by molar-refractivity contribution is 0.0933. The van der Waals surface area contributed by atoms with Crippen molar-refractivity contribution in [1.82, 2.24) is 14.7 Å². The van der Waals surface area contributed by atoms with Crippen molar-refractivity contribution in [3.8, 4) is 5.75 Å². The number of amides is 1. The summed E-state index contributed by atoms with van der Waals surface area (Å²) in [7, 11) is 1.63. The van der Waals surface area contributed by atoms with Crippen LogP contribution in [0.3, 0.4) is 0 Å². The van der Waals surface area contributed by atoms with Gasteiger partial charge in [-0.2, -0.15) is 0 Å². The van der Waals surface area contributed by atoms with Gasteiger partial charge in [0.2, 0.25) is 0 Å². The van der Waals surface area contributed by atoms with Crippen LogP contribution >= 0.6 is 0 Å². The number of benzene rings is 1. The van der Waals surface area contributed by atoms with Gasteiger partial charge in [0.15, 0.2) is 0 Å². The molecule has 124 valence electrons. The number of imidazole rings is 1. The van der Waals surface area contributed by atoms with E-state index < -0.39 is 0 Å². The van der Waals surface area contributed by atoms with Gasteiger partial charge in [0.25, 0.3) is 5.91 Å². The zero-order valence-corrected chi connectivity index (χ0v) is 14.3. The van der Waals surface area contributed by atoms with E-state index in [0.717, 1.165) is 28.2 Å². The quantitative estimate of drug-likeness (QED) is 0.800. The Morgan fingerprint density at radius 1 is 1.17 bits per heavy atom. The van der Waals surface area contributed by atoms with E-state index in [1.807, 2.05) is 67.8 Å². The van der Waals surface area contributed by atoms with Gasteiger partial charge in [0.1, 0.15) is 17.1 Å². The third-order valence-electron chi connectivity index (χ3n) is 4.12. The summed E-state index contributed by atoms with van der Waals surface area (Å²) in [5.74, 6) is 0.666. The van der Waals surface area contributed by atoms with E-state index in [1.165, 1.54) is 0 Å². The lowest BCUT2D eigenvalue weighted by Gasteiger charge is -2.15. The highest BCUT2D eigenvalue weighted by Crippen LogP contribution is 2.19. The molecule has 1 aromatic carbocycles. The molecule has 24 heavy (non-hydrogen) atoms. The van der Waals surface area contributed by atoms with Crippen molar-refractivity contribution in [1.29, 1.82) is 0 Å². The Balaban J connectivity index is 1.86. The minimum absolute atomic E-state index is 0.113. The number of nitrogens with one attached hydrogen (secondary N) is 1. The van der Waals surface area contributed by atoms with E-state index in [9.17, 15) is 4.79 Å². The Morgan fingerprint density at radius 2 is 1.88 bits per heavy atom. The molecule has 5 nitrogen and oxygen atoms in total. The van der Waals surface area contributed by atoms with Crippen LogP contribution in [0.2, 0.25) is 0 Å². The minimum atomic E-state index is -0.131. The molecule has 0 spiro atoms. The Kier molecular flexibility index (Phi) is 4.25. The van der Waals surface area contributed by atoms with Crippen molar-refractivity contribution in [3.05, 3.63) is 65.1 Å². The van der Waals surface area contributed by atoms with Crippen LogP contribution < -0.4 is 10.1 Å². The number of carbonyl (C=O) groups excluding carboxylic acids is 1. The summed E-state index contributed by atoms with van der Waals surface area (Å²) in [6, 6.07) is 11.5. The zero-order chi connectivity index (χ0) is 17.3. The molecule has 3 aromatic rings. The summed E-state index contributed by atoms with van der Waals surface area (Å²) >= 11 is 0. The van der Waals surface area contributed by atoms with Crippen molar-refractivity contribution < 1.29 is 9.53 Å². The van der Waals surface area contributed by atoms with Crippen molar-refractivity contribution >= 4 is 11.6 Å². The second kappa shape index (κ2) is 6.35. The van der Waals surface area contributed by atoms with E-state index in [0.29, 0.717) is 5.69 Å². The molecule has 1 atom stereocenters. The van der Waals surface area contributed by atoms with Crippen LogP contribution in [0.4, 0.5) is 0 Å². The van der Waals surface area contributed by atoms with Gasteiger partial charge in [-0.15, -0.1) is 0 Å². The van der Waals surface area contributed by atoms with Gasteiger partial charge in [0, 0.05) is 6.20 Å². The van der Waals surface area contributed by atoms with Gasteiger partial charge in [0.05, 0.1) is 18.8 Å². The topological polar surface area (TPSA) is 55.6 Å². The number of aryl methyl sites for hydroxylation is 2. The number of carbonyl (C=O) groups is 1. The SMILES string of the molecule is COc1ccc([C@H](C)NC(=O)c2c(C)nc3ccc(C)cn23)cc1. The Hall–Kier alpha value is -2.82. The smallest absolute Gasteiger partial charge is 0.270 e. The summed E-state index contributed by atoms with van der Waals surface area (Å²) in [5.41, 5.74) is 4.18. The number of fused-ring (bicyclic) bond motifs is 1. The molecule has 0 aliphatic carbocycles. The summed E-state index contributed by atoms with van der Waals surface area (Å²) in [6.07, 6.45) is 1.93. The first-order chi connectivity index (χ1) is 11.5. The second-order valence-electron chi connectivity index (χ2n) is 5.95. The standard InChI is InChI=1S/C19H21N3O2/c1-12-5-10-17-20-14(3)18(22(17)11-12)19(23)21-13(2)15-6-8-16(24-4)9-7-15/h5-11,13H,1-4H3,(H,21,23)/t13-/m0/s1. The van der Waals surface area contributed by atoms with E-state index in [4.69, 9.17) is 4.74 Å². The minimum Gasteiger partial charge on any atom is -0.497 e. The van der Waals surface area contributed by atoms with Crippen LogP contribution in [0.1, 0.15) is 40.3 Å². The Bertz CT molecular complexity index is 882. The fourth-order valence-corrected chi connectivity index (χ4v) is 2.78. The molecule has 0 aliphatic heterocycles. The third kappa shape index (κ3) is 2.97. The molecule has 2 aromatic heterocycles. The zero-order valence-electron chi connectivity index (χ0n) is 14.3. The molecule has 0 aliphatic rings. The van der Waals surface area contributed by atoms with E-state index >= 15 is 0 Å². The lowest BCUT2D eigenvalue weighted by Crippen LogP contribution is -2.28.